The first kappa shape index (κ1) is 15.8. The van der Waals surface area contributed by atoms with Crippen LogP contribution in [0.4, 0.5) is 5.69 Å². The molecule has 0 aliphatic carbocycles. The van der Waals surface area contributed by atoms with Gasteiger partial charge in [-0.05, 0) is 35.7 Å². The molecule has 1 heterocycles. The molecule has 1 aliphatic rings. The molecular formula is C17H14Cl2N2O2. The minimum Gasteiger partial charge on any atom is -0.330 e. The second-order valence-electron chi connectivity index (χ2n) is 5.33. The molecule has 0 unspecified atom stereocenters. The highest BCUT2D eigenvalue weighted by Gasteiger charge is 2.25. The summed E-state index contributed by atoms with van der Waals surface area (Å²) in [4.78, 5) is 26.0. The third kappa shape index (κ3) is 3.49. The maximum absolute atomic E-state index is 12.3. The first-order valence-corrected chi connectivity index (χ1v) is 7.92. The number of fused-ring (bicyclic) bond motifs is 1. The van der Waals surface area contributed by atoms with E-state index in [1.165, 1.54) is 11.6 Å². The molecule has 0 fully saturated rings. The number of nitrogens with one attached hydrogen (secondary N) is 1. The van der Waals surface area contributed by atoms with Gasteiger partial charge in [0, 0.05) is 18.8 Å². The van der Waals surface area contributed by atoms with Crippen LogP contribution in [0.3, 0.4) is 0 Å². The number of rotatable bonds is 1. The molecule has 2 amide bonds. The molecular weight excluding hydrogens is 335 g/mol. The van der Waals surface area contributed by atoms with Crippen LogP contribution in [0.15, 0.2) is 42.5 Å². The molecule has 6 heteroatoms. The smallest absolute Gasteiger partial charge is 0.313 e. The number of benzene rings is 2. The molecule has 118 valence electrons. The molecule has 0 bridgehead atoms. The lowest BCUT2D eigenvalue weighted by molar-refractivity contribution is -0.143. The second-order valence-corrected chi connectivity index (χ2v) is 6.14. The van der Waals surface area contributed by atoms with Gasteiger partial charge in [-0.15, -0.1) is 0 Å². The number of carbonyl (C=O) groups excluding carboxylic acids is 2. The van der Waals surface area contributed by atoms with Gasteiger partial charge < -0.3 is 10.2 Å². The van der Waals surface area contributed by atoms with Gasteiger partial charge in [-0.1, -0.05) is 47.5 Å². The van der Waals surface area contributed by atoms with Gasteiger partial charge in [-0.25, -0.2) is 0 Å². The SMILES string of the molecule is O=C(Nc1ccc(Cl)c(Cl)c1)C(=O)N1CCc2ccccc2C1. The average Bonchev–Trinajstić information content (AvgIpc) is 2.57. The van der Waals surface area contributed by atoms with E-state index in [0.717, 1.165) is 12.0 Å². The number of nitrogens with zero attached hydrogens (tertiary/aromatic N) is 1. The number of hydrogen-bond acceptors (Lipinski definition) is 2. The first-order chi connectivity index (χ1) is 11.0. The van der Waals surface area contributed by atoms with Crippen molar-refractivity contribution >= 4 is 40.7 Å². The van der Waals surface area contributed by atoms with Gasteiger partial charge >= 0.3 is 11.8 Å². The van der Waals surface area contributed by atoms with Gasteiger partial charge in [0.1, 0.15) is 0 Å². The van der Waals surface area contributed by atoms with Crippen molar-refractivity contribution in [2.75, 3.05) is 11.9 Å². The normalized spacial score (nSPS) is 13.4. The summed E-state index contributed by atoms with van der Waals surface area (Å²) in [7, 11) is 0. The van der Waals surface area contributed by atoms with Gasteiger partial charge in [0.25, 0.3) is 0 Å². The van der Waals surface area contributed by atoms with E-state index in [0.29, 0.717) is 28.8 Å². The lowest BCUT2D eigenvalue weighted by Gasteiger charge is -2.28. The van der Waals surface area contributed by atoms with Crippen LogP contribution < -0.4 is 5.32 Å². The van der Waals surface area contributed by atoms with Crippen molar-refractivity contribution in [3.63, 3.8) is 0 Å². The van der Waals surface area contributed by atoms with Crippen LogP contribution >= 0.6 is 23.2 Å². The Morgan fingerprint density at radius 1 is 1.00 bits per heavy atom. The summed E-state index contributed by atoms with van der Waals surface area (Å²) in [5.41, 5.74) is 2.74. The Morgan fingerprint density at radius 2 is 1.74 bits per heavy atom. The zero-order valence-corrected chi connectivity index (χ0v) is 13.7. The molecule has 0 spiro atoms. The van der Waals surface area contributed by atoms with E-state index in [2.05, 4.69) is 5.32 Å². The third-order valence-corrected chi connectivity index (χ3v) is 4.53. The maximum Gasteiger partial charge on any atom is 0.313 e. The summed E-state index contributed by atoms with van der Waals surface area (Å²) in [5.74, 6) is -1.23. The van der Waals surface area contributed by atoms with Gasteiger partial charge in [-0.3, -0.25) is 9.59 Å². The zero-order valence-electron chi connectivity index (χ0n) is 12.2. The highest BCUT2D eigenvalue weighted by molar-refractivity contribution is 6.42. The van der Waals surface area contributed by atoms with Crippen molar-refractivity contribution in [1.29, 1.82) is 0 Å². The number of hydrogen-bond donors (Lipinski definition) is 1. The van der Waals surface area contributed by atoms with Gasteiger partial charge in [0.15, 0.2) is 0 Å². The quantitative estimate of drug-likeness (QED) is 0.801. The summed E-state index contributed by atoms with van der Waals surface area (Å²) in [6, 6.07) is 12.6. The van der Waals surface area contributed by atoms with Crippen LogP contribution in [0.25, 0.3) is 0 Å². The topological polar surface area (TPSA) is 49.4 Å². The monoisotopic (exact) mass is 348 g/mol. The fourth-order valence-electron chi connectivity index (χ4n) is 2.57. The van der Waals surface area contributed by atoms with E-state index in [9.17, 15) is 9.59 Å². The number of anilines is 1. The second kappa shape index (κ2) is 6.60. The minimum atomic E-state index is -0.678. The number of halogens is 2. The molecule has 0 aromatic heterocycles. The van der Waals surface area contributed by atoms with Crippen molar-refractivity contribution in [2.45, 2.75) is 13.0 Å². The Bertz CT molecular complexity index is 777. The van der Waals surface area contributed by atoms with Crippen LogP contribution in [0.1, 0.15) is 11.1 Å². The molecule has 4 nitrogen and oxygen atoms in total. The fourth-order valence-corrected chi connectivity index (χ4v) is 2.87. The van der Waals surface area contributed by atoms with Crippen LogP contribution in [-0.4, -0.2) is 23.3 Å². The number of amides is 2. The maximum atomic E-state index is 12.3. The highest BCUT2D eigenvalue weighted by atomic mass is 35.5. The summed E-state index contributed by atoms with van der Waals surface area (Å²) in [5, 5.41) is 3.27. The highest BCUT2D eigenvalue weighted by Crippen LogP contribution is 2.25. The molecule has 1 aliphatic heterocycles. The van der Waals surface area contributed by atoms with Crippen LogP contribution in [0, 0.1) is 0 Å². The van der Waals surface area contributed by atoms with Crippen molar-refractivity contribution in [2.24, 2.45) is 0 Å². The molecule has 0 saturated heterocycles. The van der Waals surface area contributed by atoms with Crippen molar-refractivity contribution in [3.8, 4) is 0 Å². The van der Waals surface area contributed by atoms with Gasteiger partial charge in [0.05, 0.1) is 10.0 Å². The lowest BCUT2D eigenvalue weighted by atomic mass is 10.00. The Kier molecular flexibility index (Phi) is 4.55. The lowest BCUT2D eigenvalue weighted by Crippen LogP contribution is -2.42. The molecule has 23 heavy (non-hydrogen) atoms. The predicted molar refractivity (Wildman–Crippen MR) is 90.7 cm³/mol. The Balaban J connectivity index is 1.68. The van der Waals surface area contributed by atoms with Crippen molar-refractivity contribution in [3.05, 3.63) is 63.6 Å². The average molecular weight is 349 g/mol. The molecule has 0 atom stereocenters. The third-order valence-electron chi connectivity index (χ3n) is 3.79. The van der Waals surface area contributed by atoms with E-state index in [-0.39, 0.29) is 0 Å². The minimum absolute atomic E-state index is 0.323. The van der Waals surface area contributed by atoms with Gasteiger partial charge in [0.2, 0.25) is 0 Å². The van der Waals surface area contributed by atoms with Crippen molar-refractivity contribution < 1.29 is 9.59 Å². The standard InChI is InChI=1S/C17H14Cl2N2O2/c18-14-6-5-13(9-15(14)19)20-16(22)17(23)21-8-7-11-3-1-2-4-12(11)10-21/h1-6,9H,7-8,10H2,(H,20,22). The van der Waals surface area contributed by atoms with Gasteiger partial charge in [-0.2, -0.15) is 0 Å². The van der Waals surface area contributed by atoms with Crippen LogP contribution in [-0.2, 0) is 22.6 Å². The van der Waals surface area contributed by atoms with Crippen LogP contribution in [0.5, 0.6) is 0 Å². The van der Waals surface area contributed by atoms with E-state index >= 15 is 0 Å². The first-order valence-electron chi connectivity index (χ1n) is 7.16. The number of carbonyl (C=O) groups is 2. The Morgan fingerprint density at radius 3 is 2.48 bits per heavy atom. The zero-order chi connectivity index (χ0) is 16.4. The molecule has 1 N–H and O–H groups in total. The van der Waals surface area contributed by atoms with Crippen molar-refractivity contribution in [1.82, 2.24) is 4.90 Å². The summed E-state index contributed by atoms with van der Waals surface area (Å²) >= 11 is 11.7. The van der Waals surface area contributed by atoms with E-state index < -0.39 is 11.8 Å². The summed E-state index contributed by atoms with van der Waals surface area (Å²) < 4.78 is 0. The molecule has 0 saturated carbocycles. The molecule has 2 aromatic rings. The Labute approximate surface area is 144 Å². The molecule has 2 aromatic carbocycles. The fraction of sp³-hybridized carbons (Fsp3) is 0.176. The van der Waals surface area contributed by atoms with E-state index in [4.69, 9.17) is 23.2 Å². The Hall–Kier alpha value is -2.04. The van der Waals surface area contributed by atoms with Crippen LogP contribution in [0.2, 0.25) is 10.0 Å². The largest absolute Gasteiger partial charge is 0.330 e. The van der Waals surface area contributed by atoms with E-state index in [1.54, 1.807) is 17.0 Å². The summed E-state index contributed by atoms with van der Waals surface area (Å²) in [6.07, 6.45) is 0.752. The molecule has 0 radical (unpaired) electrons. The molecule has 3 rings (SSSR count). The predicted octanol–water partition coefficient (Wildman–Crippen LogP) is 3.52. The summed E-state index contributed by atoms with van der Waals surface area (Å²) in [6.45, 7) is 0.981. The van der Waals surface area contributed by atoms with E-state index in [1.807, 2.05) is 24.3 Å².